The Hall–Kier alpha value is -3.42. The number of halogens is 3. The highest BCUT2D eigenvalue weighted by Crippen LogP contribution is 2.53. The minimum atomic E-state index is -4.89. The lowest BCUT2D eigenvalue weighted by atomic mass is 9.58. The first-order valence-electron chi connectivity index (χ1n) is 14.4. The zero-order chi connectivity index (χ0) is 31.6. The lowest BCUT2D eigenvalue weighted by Crippen LogP contribution is -2.63. The Morgan fingerprint density at radius 1 is 1.14 bits per heavy atom. The van der Waals surface area contributed by atoms with Crippen molar-refractivity contribution in [1.29, 1.82) is 0 Å². The Labute approximate surface area is 246 Å². The van der Waals surface area contributed by atoms with Gasteiger partial charge in [-0.15, -0.1) is 0 Å². The number of hydrogen-bond acceptors (Lipinski definition) is 9. The van der Waals surface area contributed by atoms with Crippen LogP contribution in [0.2, 0.25) is 0 Å². The van der Waals surface area contributed by atoms with Crippen molar-refractivity contribution in [1.82, 2.24) is 10.2 Å². The summed E-state index contributed by atoms with van der Waals surface area (Å²) in [6.45, 7) is 0.328. The predicted octanol–water partition coefficient (Wildman–Crippen LogP) is 2.81. The van der Waals surface area contributed by atoms with Gasteiger partial charge in [0.1, 0.15) is 22.8 Å². The van der Waals surface area contributed by atoms with Crippen molar-refractivity contribution in [2.75, 3.05) is 20.6 Å². The molecule has 4 atom stereocenters. The fourth-order valence-electron chi connectivity index (χ4n) is 7.68. The second-order valence-corrected chi connectivity index (χ2v) is 12.4. The van der Waals surface area contributed by atoms with Crippen LogP contribution in [0.3, 0.4) is 0 Å². The number of nitrogens with one attached hydrogen (secondary N) is 1. The summed E-state index contributed by atoms with van der Waals surface area (Å²) >= 11 is 0. The molecule has 4 aliphatic carbocycles. The van der Waals surface area contributed by atoms with Gasteiger partial charge in [0.05, 0.1) is 17.2 Å². The van der Waals surface area contributed by atoms with E-state index in [2.05, 4.69) is 5.32 Å². The number of hydrogen-bond donors (Lipinski definition) is 6. The molecule has 0 unspecified atom stereocenters. The van der Waals surface area contributed by atoms with Crippen LogP contribution in [0, 0.1) is 17.8 Å². The molecule has 234 valence electrons. The minimum Gasteiger partial charge on any atom is -0.510 e. The summed E-state index contributed by atoms with van der Waals surface area (Å²) in [5, 5.41) is 47.8. The van der Waals surface area contributed by atoms with Gasteiger partial charge in [0.15, 0.2) is 11.4 Å². The maximum atomic E-state index is 14.6. The second kappa shape index (κ2) is 10.9. The molecule has 1 saturated carbocycles. The number of aromatic hydroxyl groups is 1. The van der Waals surface area contributed by atoms with E-state index in [0.717, 1.165) is 38.2 Å². The number of aliphatic hydroxyl groups excluding tert-OH is 2. The van der Waals surface area contributed by atoms with Crippen LogP contribution in [0.15, 0.2) is 28.7 Å². The summed E-state index contributed by atoms with van der Waals surface area (Å²) in [5.41, 5.74) is -1.38. The molecule has 0 saturated heterocycles. The number of alkyl halides is 3. The van der Waals surface area contributed by atoms with E-state index in [9.17, 15) is 48.0 Å². The van der Waals surface area contributed by atoms with Crippen LogP contribution < -0.4 is 11.1 Å². The standard InChI is InChI=1S/C30H36F3N3O7/c1-36(2)23-17-9-14-8-16-20(24(38)19(14)26(40)29(17,43)27(41)21(25(23)39)28(34)42)18(37)10-15(22(16)30(31,32)33)12-35-11-13-6-4-3-5-7-13/h10,13-14,17,23,35,37,39-40,43H,3-9,11-12H2,1-2H3,(H2,34,42)/t14-,17-,23-,29-/m0/s1. The van der Waals surface area contributed by atoms with Gasteiger partial charge in [0.25, 0.3) is 5.91 Å². The third kappa shape index (κ3) is 4.91. The number of fused-ring (bicyclic) bond motifs is 3. The molecule has 1 amide bonds. The van der Waals surface area contributed by atoms with E-state index in [1.165, 1.54) is 19.0 Å². The summed E-state index contributed by atoms with van der Waals surface area (Å²) < 4.78 is 43.9. The average molecular weight is 608 g/mol. The van der Waals surface area contributed by atoms with Crippen molar-refractivity contribution in [3.05, 3.63) is 51.0 Å². The fourth-order valence-corrected chi connectivity index (χ4v) is 7.68. The van der Waals surface area contributed by atoms with Gasteiger partial charge in [-0.1, -0.05) is 19.3 Å². The topological polar surface area (TPSA) is 173 Å². The summed E-state index contributed by atoms with van der Waals surface area (Å²) in [5.74, 6) is -8.62. The number of nitrogens with two attached hydrogens (primary N) is 1. The zero-order valence-electron chi connectivity index (χ0n) is 23.9. The third-order valence-electron chi connectivity index (χ3n) is 9.56. The zero-order valence-corrected chi connectivity index (χ0v) is 23.9. The summed E-state index contributed by atoms with van der Waals surface area (Å²) in [7, 11) is 2.94. The number of aliphatic hydroxyl groups is 3. The largest absolute Gasteiger partial charge is 0.510 e. The first kappa shape index (κ1) is 31.0. The van der Waals surface area contributed by atoms with Crippen molar-refractivity contribution in [2.45, 2.75) is 69.3 Å². The Balaban J connectivity index is 1.60. The predicted molar refractivity (Wildman–Crippen MR) is 147 cm³/mol. The monoisotopic (exact) mass is 607 g/mol. The number of Topliss-reactive ketones (excluding diaryl/α,β-unsaturated/α-hetero) is 2. The second-order valence-electron chi connectivity index (χ2n) is 12.4. The van der Waals surface area contributed by atoms with E-state index in [4.69, 9.17) is 5.73 Å². The summed E-state index contributed by atoms with van der Waals surface area (Å²) in [6.07, 6.45) is -0.375. The third-order valence-corrected chi connectivity index (χ3v) is 9.56. The van der Waals surface area contributed by atoms with Crippen molar-refractivity contribution in [3.63, 3.8) is 0 Å². The van der Waals surface area contributed by atoms with E-state index >= 15 is 0 Å². The molecule has 1 fully saturated rings. The highest BCUT2D eigenvalue weighted by molar-refractivity contribution is 6.24. The van der Waals surface area contributed by atoms with Crippen molar-refractivity contribution in [2.24, 2.45) is 23.5 Å². The minimum absolute atomic E-state index is 0.187. The number of phenolic OH excluding ortho intramolecular Hbond substituents is 1. The number of likely N-dealkylation sites (N-methyl/N-ethyl adjacent to an activating group) is 1. The molecule has 0 bridgehead atoms. The highest BCUT2D eigenvalue weighted by Gasteiger charge is 2.63. The smallest absolute Gasteiger partial charge is 0.417 e. The molecule has 0 aromatic heterocycles. The van der Waals surface area contributed by atoms with Crippen LogP contribution in [-0.4, -0.2) is 75.1 Å². The highest BCUT2D eigenvalue weighted by atomic mass is 19.4. The quantitative estimate of drug-likeness (QED) is 0.266. The first-order valence-corrected chi connectivity index (χ1v) is 14.4. The number of carbonyl (C=O) groups excluding carboxylic acids is 3. The molecule has 7 N–H and O–H groups in total. The van der Waals surface area contributed by atoms with Gasteiger partial charge in [-0.25, -0.2) is 0 Å². The molecule has 10 nitrogen and oxygen atoms in total. The van der Waals surface area contributed by atoms with Gasteiger partial charge in [0, 0.05) is 18.0 Å². The van der Waals surface area contributed by atoms with Crippen LogP contribution in [0.25, 0.3) is 0 Å². The molecule has 0 aliphatic heterocycles. The van der Waals surface area contributed by atoms with Gasteiger partial charge >= 0.3 is 6.18 Å². The lowest BCUT2D eigenvalue weighted by molar-refractivity contribution is -0.148. The van der Waals surface area contributed by atoms with Gasteiger partial charge in [0.2, 0.25) is 5.78 Å². The number of primary amides is 1. The first-order chi connectivity index (χ1) is 20.1. The number of benzene rings is 1. The van der Waals surface area contributed by atoms with Crippen LogP contribution in [0.5, 0.6) is 5.75 Å². The Bertz CT molecular complexity index is 1450. The number of rotatable bonds is 6. The number of allylic oxidation sites excluding steroid dienone is 1. The molecule has 43 heavy (non-hydrogen) atoms. The fraction of sp³-hybridized carbons (Fsp3) is 0.567. The number of carbonyl (C=O) groups is 3. The number of nitrogens with zero attached hydrogens (tertiary/aromatic N) is 1. The van der Waals surface area contributed by atoms with Crippen LogP contribution in [0.4, 0.5) is 13.2 Å². The van der Waals surface area contributed by atoms with Gasteiger partial charge in [-0.3, -0.25) is 19.3 Å². The average Bonchev–Trinajstić information content (AvgIpc) is 2.90. The summed E-state index contributed by atoms with van der Waals surface area (Å²) in [6, 6.07) is -0.345. The number of amides is 1. The maximum absolute atomic E-state index is 14.6. The molecule has 4 aliphatic rings. The normalized spacial score (nSPS) is 28.2. The van der Waals surface area contributed by atoms with Crippen LogP contribution in [0.1, 0.15) is 65.6 Å². The Kier molecular flexibility index (Phi) is 7.89. The number of phenols is 1. The molecular weight excluding hydrogens is 571 g/mol. The van der Waals surface area contributed by atoms with Gasteiger partial charge in [-0.05, 0) is 75.4 Å². The Morgan fingerprint density at radius 2 is 1.79 bits per heavy atom. The molecular formula is C30H36F3N3O7. The van der Waals surface area contributed by atoms with Crippen molar-refractivity contribution >= 4 is 17.5 Å². The Morgan fingerprint density at radius 3 is 2.37 bits per heavy atom. The van der Waals surface area contributed by atoms with E-state index in [0.29, 0.717) is 12.5 Å². The van der Waals surface area contributed by atoms with Crippen LogP contribution >= 0.6 is 0 Å². The van der Waals surface area contributed by atoms with Crippen molar-refractivity contribution < 1.29 is 48.0 Å². The molecule has 1 aromatic rings. The van der Waals surface area contributed by atoms with E-state index < -0.39 is 98.7 Å². The van der Waals surface area contributed by atoms with Gasteiger partial charge < -0.3 is 31.5 Å². The molecule has 1 aromatic carbocycles. The maximum Gasteiger partial charge on any atom is 0.417 e. The SMILES string of the molecule is CN(C)[C@@H]1C(O)=C(C(N)=O)C(=O)[C@@]2(O)C(O)=C3C(=O)c4c(O)cc(CNCC5CCCCC5)c(C(F)(F)F)c4C[C@H]3C[C@@H]12. The van der Waals surface area contributed by atoms with Gasteiger partial charge in [-0.2, -0.15) is 13.2 Å². The number of ketones is 2. The molecule has 0 spiro atoms. The molecule has 0 radical (unpaired) electrons. The van der Waals surface area contributed by atoms with Crippen molar-refractivity contribution in [3.8, 4) is 5.75 Å². The van der Waals surface area contributed by atoms with E-state index in [1.807, 2.05) is 0 Å². The summed E-state index contributed by atoms with van der Waals surface area (Å²) in [4.78, 5) is 40.6. The molecule has 13 heteroatoms. The lowest BCUT2D eigenvalue weighted by Gasteiger charge is -2.50. The van der Waals surface area contributed by atoms with E-state index in [-0.39, 0.29) is 18.5 Å². The molecule has 0 heterocycles. The van der Waals surface area contributed by atoms with Crippen LogP contribution in [-0.2, 0) is 28.7 Å². The molecule has 5 rings (SSSR count). The van der Waals surface area contributed by atoms with E-state index in [1.54, 1.807) is 0 Å².